The van der Waals surface area contributed by atoms with Gasteiger partial charge in [0.25, 0.3) is 0 Å². The second-order valence-corrected chi connectivity index (χ2v) is 4.58. The third-order valence-corrected chi connectivity index (χ3v) is 1.66. The third kappa shape index (κ3) is 8.27. The molecule has 0 saturated carbocycles. The van der Waals surface area contributed by atoms with Gasteiger partial charge in [0.1, 0.15) is 5.60 Å². The summed E-state index contributed by atoms with van der Waals surface area (Å²) in [5.74, 6) is 0. The Morgan fingerprint density at radius 1 is 1.47 bits per heavy atom. The predicted molar refractivity (Wildman–Crippen MR) is 68.7 cm³/mol. The number of hydrazine groups is 1. The average Bonchev–Trinajstić information content (AvgIpc) is 2.13. The minimum Gasteiger partial charge on any atom is -0.443 e. The van der Waals surface area contributed by atoms with Crippen molar-refractivity contribution in [3.05, 3.63) is 11.3 Å². The molecule has 0 aromatic carbocycles. The van der Waals surface area contributed by atoms with E-state index in [-0.39, 0.29) is 0 Å². The van der Waals surface area contributed by atoms with E-state index in [4.69, 9.17) is 10.5 Å². The second-order valence-electron chi connectivity index (χ2n) is 4.58. The molecule has 0 unspecified atom stereocenters. The van der Waals surface area contributed by atoms with Crippen LogP contribution >= 0.6 is 0 Å². The highest BCUT2D eigenvalue weighted by molar-refractivity contribution is 5.79. The SMILES string of the molecule is CN=CC(CNNC(=O)OC(C)(C)C)=C(C)N. The zero-order valence-corrected chi connectivity index (χ0v) is 11.1. The second kappa shape index (κ2) is 6.90. The van der Waals surface area contributed by atoms with Gasteiger partial charge >= 0.3 is 6.09 Å². The highest BCUT2D eigenvalue weighted by atomic mass is 16.6. The largest absolute Gasteiger partial charge is 0.443 e. The molecular formula is C11H22N4O2. The number of carbonyl (C=O) groups is 1. The van der Waals surface area contributed by atoms with Gasteiger partial charge in [0.05, 0.1) is 0 Å². The topological polar surface area (TPSA) is 88.7 Å². The number of amides is 1. The van der Waals surface area contributed by atoms with E-state index in [9.17, 15) is 4.79 Å². The van der Waals surface area contributed by atoms with Gasteiger partial charge in [0, 0.05) is 31.1 Å². The van der Waals surface area contributed by atoms with Gasteiger partial charge in [-0.1, -0.05) is 0 Å². The molecule has 0 fully saturated rings. The van der Waals surface area contributed by atoms with E-state index < -0.39 is 11.7 Å². The smallest absolute Gasteiger partial charge is 0.422 e. The molecule has 0 bridgehead atoms. The summed E-state index contributed by atoms with van der Waals surface area (Å²) in [6, 6.07) is 0. The van der Waals surface area contributed by atoms with E-state index in [0.717, 1.165) is 5.57 Å². The number of carbonyl (C=O) groups excluding carboxylic acids is 1. The average molecular weight is 242 g/mol. The van der Waals surface area contributed by atoms with E-state index in [0.29, 0.717) is 12.2 Å². The Bertz CT molecular complexity index is 312. The Morgan fingerprint density at radius 3 is 2.47 bits per heavy atom. The minimum absolute atomic E-state index is 0.388. The van der Waals surface area contributed by atoms with Gasteiger partial charge in [-0.3, -0.25) is 10.4 Å². The van der Waals surface area contributed by atoms with E-state index in [2.05, 4.69) is 15.8 Å². The summed E-state index contributed by atoms with van der Waals surface area (Å²) < 4.78 is 5.05. The minimum atomic E-state index is -0.528. The van der Waals surface area contributed by atoms with Crippen LogP contribution in [0.2, 0.25) is 0 Å². The molecule has 6 heteroatoms. The first-order chi connectivity index (χ1) is 7.76. The Hall–Kier alpha value is -1.56. The summed E-state index contributed by atoms with van der Waals surface area (Å²) >= 11 is 0. The maximum Gasteiger partial charge on any atom is 0.422 e. The lowest BCUT2D eigenvalue weighted by atomic mass is 10.2. The van der Waals surface area contributed by atoms with E-state index >= 15 is 0 Å². The van der Waals surface area contributed by atoms with Gasteiger partial charge < -0.3 is 10.5 Å². The van der Waals surface area contributed by atoms with Crippen LogP contribution in [0, 0.1) is 0 Å². The Morgan fingerprint density at radius 2 is 2.06 bits per heavy atom. The normalized spacial score (nSPS) is 13.5. The molecule has 0 rings (SSSR count). The maximum atomic E-state index is 11.3. The van der Waals surface area contributed by atoms with E-state index in [1.807, 2.05) is 0 Å². The number of hydrogen-bond acceptors (Lipinski definition) is 5. The highest BCUT2D eigenvalue weighted by Gasteiger charge is 2.15. The Kier molecular flexibility index (Phi) is 6.27. The zero-order valence-electron chi connectivity index (χ0n) is 11.1. The van der Waals surface area contributed by atoms with Gasteiger partial charge in [-0.2, -0.15) is 0 Å². The molecule has 0 saturated heterocycles. The van der Waals surface area contributed by atoms with E-state index in [1.165, 1.54) is 0 Å². The number of ether oxygens (including phenoxy) is 1. The summed E-state index contributed by atoms with van der Waals surface area (Å²) in [6.07, 6.45) is 1.11. The van der Waals surface area contributed by atoms with Gasteiger partial charge in [0.15, 0.2) is 0 Å². The number of aliphatic imine (C=N–C) groups is 1. The van der Waals surface area contributed by atoms with Gasteiger partial charge in [-0.15, -0.1) is 0 Å². The van der Waals surface area contributed by atoms with Crippen molar-refractivity contribution in [1.82, 2.24) is 10.9 Å². The molecule has 0 aromatic heterocycles. The van der Waals surface area contributed by atoms with Crippen LogP contribution in [-0.4, -0.2) is 31.5 Å². The molecule has 0 aliphatic rings. The molecule has 1 amide bonds. The fraction of sp³-hybridized carbons (Fsp3) is 0.636. The van der Waals surface area contributed by atoms with Crippen LogP contribution in [0.5, 0.6) is 0 Å². The van der Waals surface area contributed by atoms with Crippen LogP contribution in [0.25, 0.3) is 0 Å². The van der Waals surface area contributed by atoms with Crippen molar-refractivity contribution in [1.29, 1.82) is 0 Å². The van der Waals surface area contributed by atoms with Crippen molar-refractivity contribution < 1.29 is 9.53 Å². The highest BCUT2D eigenvalue weighted by Crippen LogP contribution is 2.05. The van der Waals surface area contributed by atoms with Gasteiger partial charge in [-0.05, 0) is 27.7 Å². The lowest BCUT2D eigenvalue weighted by Gasteiger charge is -2.19. The lowest BCUT2D eigenvalue weighted by Crippen LogP contribution is -2.42. The lowest BCUT2D eigenvalue weighted by molar-refractivity contribution is 0.0501. The molecule has 0 aliphatic heterocycles. The summed E-state index contributed by atoms with van der Waals surface area (Å²) in [4.78, 5) is 15.2. The molecule has 0 aromatic rings. The molecule has 0 heterocycles. The van der Waals surface area contributed by atoms with Crippen molar-refractivity contribution in [2.45, 2.75) is 33.3 Å². The zero-order chi connectivity index (χ0) is 13.5. The fourth-order valence-corrected chi connectivity index (χ4v) is 0.958. The summed E-state index contributed by atoms with van der Waals surface area (Å²) in [6.45, 7) is 7.55. The first-order valence-electron chi connectivity index (χ1n) is 5.35. The van der Waals surface area contributed by atoms with Crippen molar-refractivity contribution in [3.63, 3.8) is 0 Å². The van der Waals surface area contributed by atoms with Crippen LogP contribution in [0.1, 0.15) is 27.7 Å². The summed E-state index contributed by atoms with van der Waals surface area (Å²) in [5.41, 5.74) is 11.7. The number of nitrogens with two attached hydrogens (primary N) is 1. The predicted octanol–water partition coefficient (Wildman–Crippen LogP) is 0.949. The van der Waals surface area contributed by atoms with Crippen molar-refractivity contribution in [3.8, 4) is 0 Å². The van der Waals surface area contributed by atoms with Crippen molar-refractivity contribution >= 4 is 12.3 Å². The van der Waals surface area contributed by atoms with Crippen LogP contribution in [0.15, 0.2) is 16.3 Å². The maximum absolute atomic E-state index is 11.3. The van der Waals surface area contributed by atoms with E-state index in [1.54, 1.807) is 41.0 Å². The molecule has 0 atom stereocenters. The quantitative estimate of drug-likeness (QED) is 0.506. The molecule has 6 nitrogen and oxygen atoms in total. The third-order valence-electron chi connectivity index (χ3n) is 1.66. The molecule has 0 radical (unpaired) electrons. The molecule has 98 valence electrons. The molecule has 0 spiro atoms. The van der Waals surface area contributed by atoms with Crippen LogP contribution in [-0.2, 0) is 4.74 Å². The van der Waals surface area contributed by atoms with Crippen molar-refractivity contribution in [2.24, 2.45) is 10.7 Å². The van der Waals surface area contributed by atoms with Crippen LogP contribution in [0.3, 0.4) is 0 Å². The Balaban J connectivity index is 4.07. The number of nitrogens with one attached hydrogen (secondary N) is 2. The molecule has 17 heavy (non-hydrogen) atoms. The number of hydrogen-bond donors (Lipinski definition) is 3. The summed E-state index contributed by atoms with van der Waals surface area (Å²) in [7, 11) is 1.66. The first kappa shape index (κ1) is 15.4. The molecule has 4 N–H and O–H groups in total. The van der Waals surface area contributed by atoms with Gasteiger partial charge in [0.2, 0.25) is 0 Å². The fourth-order valence-electron chi connectivity index (χ4n) is 0.958. The first-order valence-corrected chi connectivity index (χ1v) is 5.35. The van der Waals surface area contributed by atoms with Crippen LogP contribution in [0.4, 0.5) is 4.79 Å². The van der Waals surface area contributed by atoms with Crippen molar-refractivity contribution in [2.75, 3.05) is 13.6 Å². The van der Waals surface area contributed by atoms with Crippen LogP contribution < -0.4 is 16.6 Å². The number of rotatable bonds is 4. The number of allylic oxidation sites excluding steroid dienone is 1. The monoisotopic (exact) mass is 242 g/mol. The standard InChI is InChI=1S/C11H22N4O2/c1-8(12)9(6-13-5)7-14-15-10(16)17-11(2,3)4/h6,14H,7,12H2,1-5H3,(H,15,16). The molecular weight excluding hydrogens is 220 g/mol. The Labute approximate surface area is 102 Å². The summed E-state index contributed by atoms with van der Waals surface area (Å²) in [5, 5.41) is 0. The van der Waals surface area contributed by atoms with Gasteiger partial charge in [-0.25, -0.2) is 10.2 Å². The molecule has 0 aliphatic carbocycles. The number of nitrogens with zero attached hydrogens (tertiary/aromatic N) is 1.